The lowest BCUT2D eigenvalue weighted by Crippen LogP contribution is -2.44. The van der Waals surface area contributed by atoms with Gasteiger partial charge in [-0.05, 0) is 38.5 Å². The number of rotatable bonds is 4. The number of phenolic OH excluding ortho intramolecular Hbond substituents is 2. The van der Waals surface area contributed by atoms with Gasteiger partial charge in [0.15, 0.2) is 11.5 Å². The highest BCUT2D eigenvalue weighted by atomic mass is 16.6. The molecule has 0 heterocycles. The zero-order valence-electron chi connectivity index (χ0n) is 14.1. The van der Waals surface area contributed by atoms with E-state index in [-0.39, 0.29) is 17.9 Å². The smallest absolute Gasteiger partial charge is 0.408 e. The number of carbonyl (C=O) groups excluding carboxylic acids is 1. The van der Waals surface area contributed by atoms with Crippen LogP contribution >= 0.6 is 0 Å². The van der Waals surface area contributed by atoms with Gasteiger partial charge in [-0.3, -0.25) is 0 Å². The fourth-order valence-corrected chi connectivity index (χ4v) is 1.58. The summed E-state index contributed by atoms with van der Waals surface area (Å²) < 4.78 is 5.00. The van der Waals surface area contributed by atoms with Crippen LogP contribution in [0.4, 0.5) is 4.79 Å². The van der Waals surface area contributed by atoms with Crippen LogP contribution in [0.3, 0.4) is 0 Å². The Kier molecular flexibility index (Phi) is 7.93. The summed E-state index contributed by atoms with van der Waals surface area (Å²) in [7, 11) is 0. The van der Waals surface area contributed by atoms with E-state index in [2.05, 4.69) is 5.32 Å². The van der Waals surface area contributed by atoms with Crippen LogP contribution < -0.4 is 5.32 Å². The van der Waals surface area contributed by atoms with E-state index in [0.29, 0.717) is 5.56 Å². The number of benzene rings is 1. The minimum absolute atomic E-state index is 0.0532. The number of hydrogen-bond donors (Lipinski definition) is 4. The molecular weight excluding hydrogens is 302 g/mol. The summed E-state index contributed by atoms with van der Waals surface area (Å²) in [6.45, 7) is 9.00. The molecule has 0 aromatic heterocycles. The van der Waals surface area contributed by atoms with Crippen molar-refractivity contribution in [3.63, 3.8) is 0 Å². The van der Waals surface area contributed by atoms with Gasteiger partial charge in [-0.25, -0.2) is 9.59 Å². The zero-order valence-corrected chi connectivity index (χ0v) is 14.1. The lowest BCUT2D eigenvalue weighted by atomic mass is 10.1. The second kappa shape index (κ2) is 8.87. The predicted molar refractivity (Wildman–Crippen MR) is 85.6 cm³/mol. The van der Waals surface area contributed by atoms with Crippen molar-refractivity contribution < 1.29 is 29.6 Å². The molecule has 1 aromatic rings. The van der Waals surface area contributed by atoms with Crippen molar-refractivity contribution in [2.45, 2.75) is 52.7 Å². The molecule has 0 saturated heterocycles. The third kappa shape index (κ3) is 7.94. The lowest BCUT2D eigenvalue weighted by molar-refractivity contribution is -0.139. The maximum Gasteiger partial charge on any atom is 0.408 e. The maximum atomic E-state index is 11.6. The highest BCUT2D eigenvalue weighted by molar-refractivity contribution is 5.80. The van der Waals surface area contributed by atoms with Crippen LogP contribution in [-0.2, 0) is 16.0 Å². The van der Waals surface area contributed by atoms with E-state index in [1.807, 2.05) is 13.8 Å². The molecule has 0 spiro atoms. The van der Waals surface area contributed by atoms with E-state index in [1.165, 1.54) is 18.2 Å². The van der Waals surface area contributed by atoms with Crippen molar-refractivity contribution in [2.24, 2.45) is 0 Å². The SMILES string of the molecule is CC.CC(C)(C)OC(=O)NC(Cc1ccc(O)c(O)c1)C(=O)O. The first kappa shape index (κ1) is 20.6. The van der Waals surface area contributed by atoms with Gasteiger partial charge in [0.1, 0.15) is 11.6 Å². The van der Waals surface area contributed by atoms with Crippen molar-refractivity contribution in [2.75, 3.05) is 0 Å². The van der Waals surface area contributed by atoms with Gasteiger partial charge in [-0.2, -0.15) is 0 Å². The minimum Gasteiger partial charge on any atom is -0.504 e. The summed E-state index contributed by atoms with van der Waals surface area (Å²) in [6.07, 6.45) is -0.888. The number of phenols is 2. The predicted octanol–water partition coefficient (Wildman–Crippen LogP) is 2.64. The van der Waals surface area contributed by atoms with Crippen LogP contribution in [0.25, 0.3) is 0 Å². The number of ether oxygens (including phenoxy) is 1. The first-order chi connectivity index (χ1) is 10.6. The fraction of sp³-hybridized carbons (Fsp3) is 0.500. The van der Waals surface area contributed by atoms with Gasteiger partial charge >= 0.3 is 12.1 Å². The molecule has 130 valence electrons. The number of alkyl carbamates (subject to hydrolysis) is 1. The second-order valence-electron chi connectivity index (χ2n) is 5.56. The molecule has 23 heavy (non-hydrogen) atoms. The molecule has 0 bridgehead atoms. The number of hydrogen-bond acceptors (Lipinski definition) is 5. The van der Waals surface area contributed by atoms with Crippen LogP contribution in [-0.4, -0.2) is 39.0 Å². The lowest BCUT2D eigenvalue weighted by Gasteiger charge is -2.22. The van der Waals surface area contributed by atoms with Crippen LogP contribution in [0.15, 0.2) is 18.2 Å². The van der Waals surface area contributed by atoms with E-state index in [9.17, 15) is 19.8 Å². The van der Waals surface area contributed by atoms with E-state index < -0.39 is 23.7 Å². The fourth-order valence-electron chi connectivity index (χ4n) is 1.58. The van der Waals surface area contributed by atoms with Gasteiger partial charge in [-0.15, -0.1) is 0 Å². The Morgan fingerprint density at radius 3 is 2.17 bits per heavy atom. The number of carbonyl (C=O) groups is 2. The van der Waals surface area contributed by atoms with Gasteiger partial charge in [-0.1, -0.05) is 19.9 Å². The Morgan fingerprint density at radius 2 is 1.74 bits per heavy atom. The Bertz CT molecular complexity index is 536. The summed E-state index contributed by atoms with van der Waals surface area (Å²) in [5.41, 5.74) is -0.280. The van der Waals surface area contributed by atoms with Gasteiger partial charge in [0.05, 0.1) is 0 Å². The van der Waals surface area contributed by atoms with Crippen molar-refractivity contribution >= 4 is 12.1 Å². The number of carboxylic acids is 1. The molecule has 0 radical (unpaired) electrons. The van der Waals surface area contributed by atoms with Crippen LogP contribution in [0.5, 0.6) is 11.5 Å². The van der Waals surface area contributed by atoms with E-state index >= 15 is 0 Å². The molecule has 1 amide bonds. The molecule has 0 aliphatic heterocycles. The van der Waals surface area contributed by atoms with Gasteiger partial charge in [0, 0.05) is 6.42 Å². The molecule has 0 aliphatic rings. The molecule has 0 fully saturated rings. The number of aliphatic carboxylic acids is 1. The third-order valence-electron chi connectivity index (χ3n) is 2.47. The molecule has 1 aromatic carbocycles. The first-order valence-corrected chi connectivity index (χ1v) is 7.31. The Hall–Kier alpha value is -2.44. The number of aromatic hydroxyl groups is 2. The number of amides is 1. The summed E-state index contributed by atoms with van der Waals surface area (Å²) in [5, 5.41) is 30.0. The van der Waals surface area contributed by atoms with Crippen molar-refractivity contribution in [1.29, 1.82) is 0 Å². The van der Waals surface area contributed by atoms with Crippen molar-refractivity contribution in [3.8, 4) is 11.5 Å². The number of nitrogens with one attached hydrogen (secondary N) is 1. The molecule has 7 nitrogen and oxygen atoms in total. The molecule has 7 heteroatoms. The van der Waals surface area contributed by atoms with E-state index in [0.717, 1.165) is 0 Å². The maximum absolute atomic E-state index is 11.6. The minimum atomic E-state index is -1.23. The van der Waals surface area contributed by atoms with Gasteiger partial charge < -0.3 is 25.4 Å². The Balaban J connectivity index is 0.00000232. The van der Waals surface area contributed by atoms with Crippen molar-refractivity contribution in [1.82, 2.24) is 5.32 Å². The quantitative estimate of drug-likeness (QED) is 0.632. The molecular formula is C16H25NO6. The summed E-state index contributed by atoms with van der Waals surface area (Å²) in [5.74, 6) is -1.88. The Labute approximate surface area is 135 Å². The monoisotopic (exact) mass is 327 g/mol. The van der Waals surface area contributed by atoms with Crippen LogP contribution in [0.2, 0.25) is 0 Å². The molecule has 4 N–H and O–H groups in total. The van der Waals surface area contributed by atoms with Crippen LogP contribution in [0, 0.1) is 0 Å². The topological polar surface area (TPSA) is 116 Å². The molecule has 0 aliphatic carbocycles. The average Bonchev–Trinajstić information content (AvgIpc) is 2.42. The van der Waals surface area contributed by atoms with E-state index in [1.54, 1.807) is 20.8 Å². The third-order valence-corrected chi connectivity index (χ3v) is 2.47. The molecule has 1 atom stereocenters. The summed E-state index contributed by atoms with van der Waals surface area (Å²) in [4.78, 5) is 22.8. The molecule has 1 rings (SSSR count). The van der Waals surface area contributed by atoms with E-state index in [4.69, 9.17) is 9.84 Å². The van der Waals surface area contributed by atoms with Crippen molar-refractivity contribution in [3.05, 3.63) is 23.8 Å². The second-order valence-corrected chi connectivity index (χ2v) is 5.56. The van der Waals surface area contributed by atoms with Gasteiger partial charge in [0.25, 0.3) is 0 Å². The van der Waals surface area contributed by atoms with Crippen LogP contribution in [0.1, 0.15) is 40.2 Å². The summed E-state index contributed by atoms with van der Waals surface area (Å²) >= 11 is 0. The normalized spacial score (nSPS) is 11.7. The molecule has 0 saturated carbocycles. The highest BCUT2D eigenvalue weighted by Crippen LogP contribution is 2.25. The largest absolute Gasteiger partial charge is 0.504 e. The Morgan fingerprint density at radius 1 is 1.17 bits per heavy atom. The average molecular weight is 327 g/mol. The van der Waals surface area contributed by atoms with Gasteiger partial charge in [0.2, 0.25) is 0 Å². The first-order valence-electron chi connectivity index (χ1n) is 7.31. The standard InChI is InChI=1S/C14H19NO6.C2H6/c1-14(2,3)21-13(20)15-9(12(18)19)6-8-4-5-10(16)11(17)7-8;1-2/h4-5,7,9,16-17H,6H2,1-3H3,(H,15,20)(H,18,19);1-2H3. The molecule has 1 unspecified atom stereocenters. The summed E-state index contributed by atoms with van der Waals surface area (Å²) in [6, 6.07) is 2.74. The highest BCUT2D eigenvalue weighted by Gasteiger charge is 2.24. The number of carboxylic acid groups (broad SMARTS) is 1. The zero-order chi connectivity index (χ0) is 18.2.